The quantitative estimate of drug-likeness (QED) is 0.487. The minimum Gasteiger partial charge on any atom is -0.505 e. The van der Waals surface area contributed by atoms with Crippen molar-refractivity contribution in [2.75, 3.05) is 0 Å². The van der Waals surface area contributed by atoms with E-state index in [1.807, 2.05) is 53.8 Å². The molecule has 0 bridgehead atoms. The molecule has 0 aromatic heterocycles. The van der Waals surface area contributed by atoms with Gasteiger partial charge in [0.15, 0.2) is 5.17 Å². The number of aryl methyl sites for hydroxylation is 1. The maximum atomic E-state index is 12.1. The van der Waals surface area contributed by atoms with Crippen molar-refractivity contribution >= 4 is 68.8 Å². The van der Waals surface area contributed by atoms with Gasteiger partial charge in [-0.25, -0.2) is 4.99 Å². The molecule has 122 valence electrons. The number of halogens is 2. The maximum Gasteiger partial charge on any atom is 0.264 e. The fourth-order valence-electron chi connectivity index (χ4n) is 2.04. The molecule has 0 saturated carbocycles. The van der Waals surface area contributed by atoms with Crippen molar-refractivity contribution in [3.8, 4) is 5.75 Å². The molecule has 1 fully saturated rings. The van der Waals surface area contributed by atoms with Crippen LogP contribution >= 0.6 is 46.0 Å². The molecule has 4 nitrogen and oxygen atoms in total. The molecule has 0 aliphatic carbocycles. The van der Waals surface area contributed by atoms with Crippen LogP contribution in [0.4, 0.5) is 5.69 Å². The van der Waals surface area contributed by atoms with Crippen LogP contribution in [0.2, 0.25) is 5.02 Å². The first-order valence-electron chi connectivity index (χ1n) is 6.96. The van der Waals surface area contributed by atoms with Gasteiger partial charge in [0.25, 0.3) is 5.91 Å². The van der Waals surface area contributed by atoms with Gasteiger partial charge in [-0.1, -0.05) is 29.3 Å². The summed E-state index contributed by atoms with van der Waals surface area (Å²) in [5.41, 5.74) is 2.68. The zero-order valence-electron chi connectivity index (χ0n) is 12.5. The molecule has 24 heavy (non-hydrogen) atoms. The summed E-state index contributed by atoms with van der Waals surface area (Å²) >= 11 is 9.24. The van der Waals surface area contributed by atoms with Gasteiger partial charge in [0.05, 0.1) is 19.2 Å². The Balaban J connectivity index is 1.86. The second-order valence-corrected chi connectivity index (χ2v) is 7.75. The Hall–Kier alpha value is -1.51. The van der Waals surface area contributed by atoms with Crippen molar-refractivity contribution in [1.29, 1.82) is 0 Å². The average molecular weight is 471 g/mol. The second kappa shape index (κ2) is 7.16. The SMILES string of the molecule is Cc1ccc(N=C2NC(=O)C(=Cc3cc(Cl)c(O)c(I)c3)S2)cc1. The fourth-order valence-corrected chi connectivity index (χ4v) is 3.92. The van der Waals surface area contributed by atoms with Crippen LogP contribution in [-0.4, -0.2) is 16.2 Å². The van der Waals surface area contributed by atoms with Gasteiger partial charge in [0, 0.05) is 0 Å². The van der Waals surface area contributed by atoms with Crippen LogP contribution in [0.25, 0.3) is 6.08 Å². The van der Waals surface area contributed by atoms with Crippen LogP contribution in [0.15, 0.2) is 46.3 Å². The monoisotopic (exact) mass is 470 g/mol. The molecule has 0 spiro atoms. The van der Waals surface area contributed by atoms with Crippen LogP contribution in [0, 0.1) is 10.5 Å². The Morgan fingerprint density at radius 1 is 1.29 bits per heavy atom. The maximum absolute atomic E-state index is 12.1. The highest BCUT2D eigenvalue weighted by molar-refractivity contribution is 14.1. The Morgan fingerprint density at radius 2 is 2.00 bits per heavy atom. The zero-order valence-corrected chi connectivity index (χ0v) is 16.2. The lowest BCUT2D eigenvalue weighted by Crippen LogP contribution is -2.19. The highest BCUT2D eigenvalue weighted by Crippen LogP contribution is 2.33. The fraction of sp³-hybridized carbons (Fsp3) is 0.0588. The third kappa shape index (κ3) is 3.93. The predicted molar refractivity (Wildman–Crippen MR) is 108 cm³/mol. The third-order valence-electron chi connectivity index (χ3n) is 3.25. The normalized spacial score (nSPS) is 17.5. The molecule has 2 aromatic carbocycles. The Morgan fingerprint density at radius 3 is 2.67 bits per heavy atom. The summed E-state index contributed by atoms with van der Waals surface area (Å²) in [6.45, 7) is 2.01. The molecule has 1 aliphatic heterocycles. The highest BCUT2D eigenvalue weighted by Gasteiger charge is 2.24. The Bertz CT molecular complexity index is 856. The molecule has 0 atom stereocenters. The number of amides is 1. The number of hydrogen-bond acceptors (Lipinski definition) is 4. The molecule has 0 unspecified atom stereocenters. The van der Waals surface area contributed by atoms with E-state index >= 15 is 0 Å². The molecular formula is C17H12ClIN2O2S. The van der Waals surface area contributed by atoms with Crippen molar-refractivity contribution in [1.82, 2.24) is 5.32 Å². The van der Waals surface area contributed by atoms with Gasteiger partial charge in [0.2, 0.25) is 0 Å². The van der Waals surface area contributed by atoms with E-state index in [0.717, 1.165) is 16.8 Å². The average Bonchev–Trinajstić information content (AvgIpc) is 2.87. The van der Waals surface area contributed by atoms with E-state index in [1.54, 1.807) is 18.2 Å². The number of amidine groups is 1. The number of nitrogens with zero attached hydrogens (tertiary/aromatic N) is 1. The van der Waals surface area contributed by atoms with Gasteiger partial charge >= 0.3 is 0 Å². The summed E-state index contributed by atoms with van der Waals surface area (Å²) in [6.07, 6.45) is 1.73. The van der Waals surface area contributed by atoms with Crippen LogP contribution in [0.5, 0.6) is 5.75 Å². The summed E-state index contributed by atoms with van der Waals surface area (Å²) in [5.74, 6) is -0.158. The summed E-state index contributed by atoms with van der Waals surface area (Å²) in [5, 5.41) is 13.2. The molecule has 1 heterocycles. The van der Waals surface area contributed by atoms with E-state index in [9.17, 15) is 9.90 Å². The van der Waals surface area contributed by atoms with Gasteiger partial charge in [-0.3, -0.25) is 4.79 Å². The summed E-state index contributed by atoms with van der Waals surface area (Å²) < 4.78 is 0.629. The Labute approximate surface area is 162 Å². The van der Waals surface area contributed by atoms with Crippen molar-refractivity contribution in [2.45, 2.75) is 6.92 Å². The van der Waals surface area contributed by atoms with Crippen molar-refractivity contribution in [3.63, 3.8) is 0 Å². The standard InChI is InChI=1S/C17H12ClIN2O2S/c1-9-2-4-11(5-3-9)20-17-21-16(23)14(24-17)8-10-6-12(18)15(22)13(19)7-10/h2-8,22H,1H3,(H,20,21,23). The number of aliphatic imine (C=N–C) groups is 1. The van der Waals surface area contributed by atoms with E-state index in [-0.39, 0.29) is 16.7 Å². The van der Waals surface area contributed by atoms with Gasteiger partial charge < -0.3 is 10.4 Å². The lowest BCUT2D eigenvalue weighted by molar-refractivity contribution is -0.115. The van der Waals surface area contributed by atoms with E-state index in [4.69, 9.17) is 11.6 Å². The lowest BCUT2D eigenvalue weighted by atomic mass is 10.2. The molecule has 2 N–H and O–H groups in total. The van der Waals surface area contributed by atoms with E-state index in [0.29, 0.717) is 13.6 Å². The van der Waals surface area contributed by atoms with Crippen molar-refractivity contribution in [2.24, 2.45) is 4.99 Å². The van der Waals surface area contributed by atoms with Crippen LogP contribution < -0.4 is 5.32 Å². The number of nitrogens with one attached hydrogen (secondary N) is 1. The molecule has 1 aliphatic rings. The molecule has 1 amide bonds. The largest absolute Gasteiger partial charge is 0.505 e. The smallest absolute Gasteiger partial charge is 0.264 e. The first-order valence-corrected chi connectivity index (χ1v) is 9.24. The molecule has 2 aromatic rings. The zero-order chi connectivity index (χ0) is 17.3. The Kier molecular flexibility index (Phi) is 5.17. The molecule has 1 saturated heterocycles. The van der Waals surface area contributed by atoms with Gasteiger partial charge in [-0.2, -0.15) is 0 Å². The molecular weight excluding hydrogens is 459 g/mol. The molecule has 3 rings (SSSR count). The summed E-state index contributed by atoms with van der Waals surface area (Å²) in [4.78, 5) is 17.1. The van der Waals surface area contributed by atoms with Crippen molar-refractivity contribution in [3.05, 3.63) is 61.0 Å². The van der Waals surface area contributed by atoms with Gasteiger partial charge in [-0.05, 0) is 77.2 Å². The first kappa shape index (κ1) is 17.3. The number of thioether (sulfide) groups is 1. The highest BCUT2D eigenvalue weighted by atomic mass is 127. The number of benzene rings is 2. The third-order valence-corrected chi connectivity index (χ3v) is 5.27. The number of carbonyl (C=O) groups is 1. The number of hydrogen-bond donors (Lipinski definition) is 2. The van der Waals surface area contributed by atoms with Crippen LogP contribution in [-0.2, 0) is 4.79 Å². The van der Waals surface area contributed by atoms with Crippen LogP contribution in [0.1, 0.15) is 11.1 Å². The topological polar surface area (TPSA) is 61.7 Å². The van der Waals surface area contributed by atoms with Gasteiger partial charge in [-0.15, -0.1) is 0 Å². The van der Waals surface area contributed by atoms with Gasteiger partial charge in [0.1, 0.15) is 5.75 Å². The molecule has 0 radical (unpaired) electrons. The number of aromatic hydroxyl groups is 1. The minimum absolute atomic E-state index is 0.0459. The van der Waals surface area contributed by atoms with Crippen LogP contribution in [0.3, 0.4) is 0 Å². The van der Waals surface area contributed by atoms with E-state index in [2.05, 4.69) is 10.3 Å². The van der Waals surface area contributed by atoms with E-state index < -0.39 is 0 Å². The summed E-state index contributed by atoms with van der Waals surface area (Å²) in [7, 11) is 0. The number of carbonyl (C=O) groups excluding carboxylic acids is 1. The molecule has 7 heteroatoms. The number of phenols is 1. The second-order valence-electron chi connectivity index (χ2n) is 5.15. The summed E-state index contributed by atoms with van der Waals surface area (Å²) in [6, 6.07) is 11.1. The number of phenolic OH excluding ortho intramolecular Hbond substituents is 1. The van der Waals surface area contributed by atoms with Crippen molar-refractivity contribution < 1.29 is 9.90 Å². The lowest BCUT2D eigenvalue weighted by Gasteiger charge is -2.02. The predicted octanol–water partition coefficient (Wildman–Crippen LogP) is 4.85. The van der Waals surface area contributed by atoms with E-state index in [1.165, 1.54) is 11.8 Å². The minimum atomic E-state index is -0.204. The first-order chi connectivity index (χ1) is 11.4. The number of rotatable bonds is 2.